The Hall–Kier alpha value is -1.38. The maximum atomic E-state index is 10.6. The molecule has 1 aromatic carbocycles. The molecule has 3 heteroatoms. The van der Waals surface area contributed by atoms with Gasteiger partial charge in [0.15, 0.2) is 0 Å². The second-order valence-corrected chi connectivity index (χ2v) is 3.18. The molecule has 0 spiro atoms. The van der Waals surface area contributed by atoms with E-state index in [-0.39, 0.29) is 10.6 Å². The van der Waals surface area contributed by atoms with E-state index in [2.05, 4.69) is 0 Å². The largest absolute Gasteiger partial charge is 0.272 e. The molecule has 0 saturated heterocycles. The highest BCUT2D eigenvalue weighted by molar-refractivity contribution is 5.46. The summed E-state index contributed by atoms with van der Waals surface area (Å²) in [6.07, 6.45) is 0.921. The zero-order chi connectivity index (χ0) is 10.0. The average Bonchev–Trinajstić information content (AvgIpc) is 2.07. The minimum atomic E-state index is -0.332. The molecule has 0 N–H and O–H groups in total. The molecule has 0 bridgehead atoms. The summed E-state index contributed by atoms with van der Waals surface area (Å²) in [7, 11) is 0. The summed E-state index contributed by atoms with van der Waals surface area (Å²) in [5, 5.41) is 10.6. The fraction of sp³-hybridized carbons (Fsp3) is 0.400. The third-order valence-electron chi connectivity index (χ3n) is 2.23. The van der Waals surface area contributed by atoms with E-state index in [1.165, 1.54) is 5.56 Å². The van der Waals surface area contributed by atoms with Crippen LogP contribution in [0, 0.1) is 24.0 Å². The van der Waals surface area contributed by atoms with Crippen molar-refractivity contribution >= 4 is 5.69 Å². The Morgan fingerprint density at radius 2 is 1.92 bits per heavy atom. The molecular formula is C10H13NO2. The number of rotatable bonds is 2. The van der Waals surface area contributed by atoms with Crippen molar-refractivity contribution in [2.24, 2.45) is 0 Å². The van der Waals surface area contributed by atoms with Crippen LogP contribution in [-0.4, -0.2) is 4.92 Å². The van der Waals surface area contributed by atoms with E-state index in [0.29, 0.717) is 0 Å². The summed E-state index contributed by atoms with van der Waals surface area (Å²) >= 11 is 0. The SMILES string of the molecule is CCc1cc(C)c([N+](=O)[O-])cc1C. The van der Waals surface area contributed by atoms with E-state index in [0.717, 1.165) is 17.5 Å². The van der Waals surface area contributed by atoms with Crippen LogP contribution in [0.1, 0.15) is 23.6 Å². The lowest BCUT2D eigenvalue weighted by molar-refractivity contribution is -0.385. The number of nitro benzene ring substituents is 1. The third-order valence-corrected chi connectivity index (χ3v) is 2.23. The Labute approximate surface area is 77.5 Å². The molecule has 0 aliphatic rings. The van der Waals surface area contributed by atoms with E-state index in [1.54, 1.807) is 13.0 Å². The zero-order valence-electron chi connectivity index (χ0n) is 8.13. The first kappa shape index (κ1) is 9.71. The molecule has 1 rings (SSSR count). The van der Waals surface area contributed by atoms with Gasteiger partial charge in [0.25, 0.3) is 5.69 Å². The van der Waals surface area contributed by atoms with Crippen LogP contribution in [-0.2, 0) is 6.42 Å². The minimum Gasteiger partial charge on any atom is -0.258 e. The molecular weight excluding hydrogens is 166 g/mol. The van der Waals surface area contributed by atoms with Gasteiger partial charge in [-0.2, -0.15) is 0 Å². The molecule has 13 heavy (non-hydrogen) atoms. The molecule has 0 atom stereocenters. The van der Waals surface area contributed by atoms with Crippen molar-refractivity contribution in [3.05, 3.63) is 38.9 Å². The Kier molecular flexibility index (Phi) is 2.66. The van der Waals surface area contributed by atoms with Crippen molar-refractivity contribution in [3.8, 4) is 0 Å². The van der Waals surface area contributed by atoms with Gasteiger partial charge in [0.05, 0.1) is 4.92 Å². The fourth-order valence-electron chi connectivity index (χ4n) is 1.44. The van der Waals surface area contributed by atoms with Crippen LogP contribution < -0.4 is 0 Å². The Morgan fingerprint density at radius 1 is 1.31 bits per heavy atom. The third kappa shape index (κ3) is 1.86. The highest BCUT2D eigenvalue weighted by Crippen LogP contribution is 2.22. The first-order valence-electron chi connectivity index (χ1n) is 4.30. The number of hydrogen-bond donors (Lipinski definition) is 0. The van der Waals surface area contributed by atoms with Crippen molar-refractivity contribution < 1.29 is 4.92 Å². The van der Waals surface area contributed by atoms with Crippen LogP contribution in [0.4, 0.5) is 5.69 Å². The van der Waals surface area contributed by atoms with Gasteiger partial charge in [0.2, 0.25) is 0 Å². The number of hydrogen-bond acceptors (Lipinski definition) is 2. The van der Waals surface area contributed by atoms with Crippen molar-refractivity contribution in [2.45, 2.75) is 27.2 Å². The molecule has 0 aliphatic heterocycles. The van der Waals surface area contributed by atoms with Gasteiger partial charge in [-0.25, -0.2) is 0 Å². The lowest BCUT2D eigenvalue weighted by atomic mass is 10.0. The van der Waals surface area contributed by atoms with Crippen molar-refractivity contribution in [2.75, 3.05) is 0 Å². The van der Waals surface area contributed by atoms with E-state index in [1.807, 2.05) is 19.9 Å². The van der Waals surface area contributed by atoms with E-state index >= 15 is 0 Å². The van der Waals surface area contributed by atoms with Crippen LogP contribution in [0.5, 0.6) is 0 Å². The van der Waals surface area contributed by atoms with Crippen LogP contribution in [0.2, 0.25) is 0 Å². The number of nitro groups is 1. The van der Waals surface area contributed by atoms with Gasteiger partial charge in [-0.1, -0.05) is 6.92 Å². The van der Waals surface area contributed by atoms with Gasteiger partial charge in [0.1, 0.15) is 0 Å². The van der Waals surface area contributed by atoms with Crippen LogP contribution in [0.3, 0.4) is 0 Å². The van der Waals surface area contributed by atoms with Gasteiger partial charge in [-0.15, -0.1) is 0 Å². The molecule has 1 aromatic rings. The van der Waals surface area contributed by atoms with Gasteiger partial charge in [0, 0.05) is 11.6 Å². The molecule has 0 aliphatic carbocycles. The molecule has 0 fully saturated rings. The molecule has 70 valence electrons. The van der Waals surface area contributed by atoms with Gasteiger partial charge in [-0.3, -0.25) is 10.1 Å². The highest BCUT2D eigenvalue weighted by Gasteiger charge is 2.11. The number of benzene rings is 1. The predicted octanol–water partition coefficient (Wildman–Crippen LogP) is 2.77. The Bertz CT molecular complexity index is 345. The van der Waals surface area contributed by atoms with E-state index < -0.39 is 0 Å². The van der Waals surface area contributed by atoms with Gasteiger partial charge >= 0.3 is 0 Å². The summed E-state index contributed by atoms with van der Waals surface area (Å²) < 4.78 is 0. The summed E-state index contributed by atoms with van der Waals surface area (Å²) in [6, 6.07) is 3.54. The molecule has 0 radical (unpaired) electrons. The van der Waals surface area contributed by atoms with Crippen LogP contribution in [0.25, 0.3) is 0 Å². The number of nitrogens with zero attached hydrogens (tertiary/aromatic N) is 1. The van der Waals surface area contributed by atoms with Crippen LogP contribution >= 0.6 is 0 Å². The van der Waals surface area contributed by atoms with Gasteiger partial charge < -0.3 is 0 Å². The fourth-order valence-corrected chi connectivity index (χ4v) is 1.44. The monoisotopic (exact) mass is 179 g/mol. The smallest absolute Gasteiger partial charge is 0.258 e. The van der Waals surface area contributed by atoms with E-state index in [9.17, 15) is 10.1 Å². The zero-order valence-corrected chi connectivity index (χ0v) is 8.13. The molecule has 0 amide bonds. The standard InChI is InChI=1S/C10H13NO2/c1-4-9-5-8(3)10(11(12)13)6-7(9)2/h5-6H,4H2,1-3H3. The van der Waals surface area contributed by atoms with Gasteiger partial charge in [-0.05, 0) is 37.5 Å². The quantitative estimate of drug-likeness (QED) is 0.517. The molecule has 3 nitrogen and oxygen atoms in total. The van der Waals surface area contributed by atoms with Crippen molar-refractivity contribution in [1.82, 2.24) is 0 Å². The first-order valence-corrected chi connectivity index (χ1v) is 4.30. The topological polar surface area (TPSA) is 43.1 Å². The van der Waals surface area contributed by atoms with Crippen molar-refractivity contribution in [1.29, 1.82) is 0 Å². The number of aryl methyl sites for hydroxylation is 3. The lowest BCUT2D eigenvalue weighted by Gasteiger charge is -2.04. The highest BCUT2D eigenvalue weighted by atomic mass is 16.6. The van der Waals surface area contributed by atoms with Crippen LogP contribution in [0.15, 0.2) is 12.1 Å². The minimum absolute atomic E-state index is 0.217. The molecule has 0 aromatic heterocycles. The summed E-state index contributed by atoms with van der Waals surface area (Å²) in [4.78, 5) is 10.2. The predicted molar refractivity (Wildman–Crippen MR) is 51.9 cm³/mol. The normalized spacial score (nSPS) is 10.1. The first-order chi connectivity index (χ1) is 6.06. The molecule has 0 unspecified atom stereocenters. The Balaban J connectivity index is 3.28. The average molecular weight is 179 g/mol. The Morgan fingerprint density at radius 3 is 2.38 bits per heavy atom. The molecule has 0 saturated carbocycles. The maximum absolute atomic E-state index is 10.6. The van der Waals surface area contributed by atoms with Crippen molar-refractivity contribution in [3.63, 3.8) is 0 Å². The second-order valence-electron chi connectivity index (χ2n) is 3.18. The van der Waals surface area contributed by atoms with E-state index in [4.69, 9.17) is 0 Å². The summed E-state index contributed by atoms with van der Waals surface area (Å²) in [5.41, 5.74) is 3.14. The second kappa shape index (κ2) is 3.56. The molecule has 0 heterocycles. The summed E-state index contributed by atoms with van der Waals surface area (Å²) in [5.74, 6) is 0. The summed E-state index contributed by atoms with van der Waals surface area (Å²) in [6.45, 7) is 5.73. The maximum Gasteiger partial charge on any atom is 0.272 e. The lowest BCUT2D eigenvalue weighted by Crippen LogP contribution is -1.95.